The van der Waals surface area contributed by atoms with Crippen molar-refractivity contribution in [2.75, 3.05) is 18.9 Å². The van der Waals surface area contributed by atoms with E-state index in [4.69, 9.17) is 23.2 Å². The molecule has 1 N–H and O–H groups in total. The van der Waals surface area contributed by atoms with Gasteiger partial charge in [-0.25, -0.2) is 0 Å². The Kier molecular flexibility index (Phi) is 5.76. The van der Waals surface area contributed by atoms with Crippen molar-refractivity contribution in [3.63, 3.8) is 0 Å². The summed E-state index contributed by atoms with van der Waals surface area (Å²) in [5.74, 6) is -0.910. The Labute approximate surface area is 150 Å². The van der Waals surface area contributed by atoms with Gasteiger partial charge in [-0.05, 0) is 24.3 Å². The number of rotatable bonds is 5. The van der Waals surface area contributed by atoms with Gasteiger partial charge in [0.2, 0.25) is 5.91 Å². The summed E-state index contributed by atoms with van der Waals surface area (Å²) < 4.78 is 0. The smallest absolute Gasteiger partial charge is 0.324 e. The minimum absolute atomic E-state index is 0.132. The van der Waals surface area contributed by atoms with Gasteiger partial charge in [-0.15, -0.1) is 0 Å². The van der Waals surface area contributed by atoms with E-state index < -0.39 is 16.7 Å². The molecule has 10 heteroatoms. The molecule has 24 heavy (non-hydrogen) atoms. The van der Waals surface area contributed by atoms with Gasteiger partial charge in [0.25, 0.3) is 5.91 Å². The van der Waals surface area contributed by atoms with Gasteiger partial charge < -0.3 is 10.2 Å². The van der Waals surface area contributed by atoms with E-state index in [1.807, 2.05) is 0 Å². The third-order valence-electron chi connectivity index (χ3n) is 2.91. The lowest BCUT2D eigenvalue weighted by molar-refractivity contribution is -0.380. The minimum Gasteiger partial charge on any atom is -0.332 e. The molecule has 2 aromatic rings. The van der Waals surface area contributed by atoms with Crippen molar-refractivity contribution in [3.8, 4) is 0 Å². The third-order valence-corrected chi connectivity index (χ3v) is 4.68. The first kappa shape index (κ1) is 18.2. The third kappa shape index (κ3) is 4.44. The van der Waals surface area contributed by atoms with Crippen molar-refractivity contribution < 1.29 is 14.5 Å². The van der Waals surface area contributed by atoms with Crippen LogP contribution in [0.4, 0.5) is 10.7 Å². The molecule has 0 spiro atoms. The first-order valence-electron chi connectivity index (χ1n) is 6.52. The molecular formula is C14H11Cl2N3O4S. The fourth-order valence-corrected chi connectivity index (χ4v) is 2.90. The van der Waals surface area contributed by atoms with Crippen molar-refractivity contribution >= 4 is 57.0 Å². The molecule has 0 unspecified atom stereocenters. The summed E-state index contributed by atoms with van der Waals surface area (Å²) in [6.07, 6.45) is 0. The summed E-state index contributed by atoms with van der Waals surface area (Å²) in [5.41, 5.74) is 0.446. The normalized spacial score (nSPS) is 10.3. The quantitative estimate of drug-likeness (QED) is 0.625. The molecule has 0 radical (unpaired) electrons. The second-order valence-electron chi connectivity index (χ2n) is 4.73. The van der Waals surface area contributed by atoms with Gasteiger partial charge in [-0.2, -0.15) is 0 Å². The number of hydrogen-bond donors (Lipinski definition) is 1. The number of anilines is 1. The van der Waals surface area contributed by atoms with E-state index in [0.29, 0.717) is 15.7 Å². The summed E-state index contributed by atoms with van der Waals surface area (Å²) in [6, 6.07) is 7.22. The van der Waals surface area contributed by atoms with Crippen molar-refractivity contribution in [1.29, 1.82) is 0 Å². The molecule has 2 rings (SSSR count). The number of hydrogen-bond acceptors (Lipinski definition) is 5. The standard InChI is InChI=1S/C14H11Cl2N3O4S/c1-18(14(21)11-4-5-13(24-11)19(22)23)7-12(20)17-8-2-3-9(15)10(16)6-8/h2-6H,7H2,1H3,(H,17,20). The van der Waals surface area contributed by atoms with Crippen molar-refractivity contribution in [2.45, 2.75) is 0 Å². The molecule has 7 nitrogen and oxygen atoms in total. The molecule has 126 valence electrons. The van der Waals surface area contributed by atoms with E-state index in [-0.39, 0.29) is 16.4 Å². The molecule has 0 aliphatic heterocycles. The highest BCUT2D eigenvalue weighted by Crippen LogP contribution is 2.26. The highest BCUT2D eigenvalue weighted by atomic mass is 35.5. The van der Waals surface area contributed by atoms with Gasteiger partial charge in [-0.1, -0.05) is 34.5 Å². The van der Waals surface area contributed by atoms with Crippen LogP contribution in [0, 0.1) is 10.1 Å². The Morgan fingerprint density at radius 2 is 1.96 bits per heavy atom. The number of benzene rings is 1. The molecule has 0 fully saturated rings. The lowest BCUT2D eigenvalue weighted by Gasteiger charge is -2.16. The number of amides is 2. The average Bonchev–Trinajstić information content (AvgIpc) is 3.00. The highest BCUT2D eigenvalue weighted by molar-refractivity contribution is 7.17. The number of nitrogens with zero attached hydrogens (tertiary/aromatic N) is 2. The second-order valence-corrected chi connectivity index (χ2v) is 6.61. The van der Waals surface area contributed by atoms with Crippen LogP contribution in [-0.2, 0) is 4.79 Å². The summed E-state index contributed by atoms with van der Waals surface area (Å²) in [6.45, 7) is -0.217. The molecule has 1 aromatic carbocycles. The lowest BCUT2D eigenvalue weighted by Crippen LogP contribution is -2.34. The van der Waals surface area contributed by atoms with Crippen molar-refractivity contribution in [1.82, 2.24) is 4.90 Å². The number of thiophene rings is 1. The number of nitrogens with one attached hydrogen (secondary N) is 1. The largest absolute Gasteiger partial charge is 0.332 e. The highest BCUT2D eigenvalue weighted by Gasteiger charge is 2.20. The van der Waals surface area contributed by atoms with E-state index in [9.17, 15) is 19.7 Å². The zero-order valence-electron chi connectivity index (χ0n) is 12.3. The van der Waals surface area contributed by atoms with Crippen molar-refractivity contribution in [2.24, 2.45) is 0 Å². The Morgan fingerprint density at radius 3 is 2.54 bits per heavy atom. The Balaban J connectivity index is 1.98. The molecule has 1 heterocycles. The van der Waals surface area contributed by atoms with Crippen LogP contribution in [0.25, 0.3) is 0 Å². The van der Waals surface area contributed by atoms with Gasteiger partial charge in [0.1, 0.15) is 0 Å². The van der Waals surface area contributed by atoms with E-state index >= 15 is 0 Å². The molecule has 0 saturated heterocycles. The Hall–Kier alpha value is -2.16. The Bertz CT molecular complexity index is 809. The first-order chi connectivity index (χ1) is 11.3. The fraction of sp³-hybridized carbons (Fsp3) is 0.143. The number of carbonyl (C=O) groups is 2. The van der Waals surface area contributed by atoms with Gasteiger partial charge >= 0.3 is 5.00 Å². The van der Waals surface area contributed by atoms with Crippen LogP contribution < -0.4 is 5.32 Å². The summed E-state index contributed by atoms with van der Waals surface area (Å²) >= 11 is 12.4. The number of halogens is 2. The van der Waals surface area contributed by atoms with Gasteiger partial charge in [-0.3, -0.25) is 19.7 Å². The predicted molar refractivity (Wildman–Crippen MR) is 93.0 cm³/mol. The number of nitro groups is 1. The predicted octanol–water partition coefficient (Wildman–Crippen LogP) is 3.67. The number of carbonyl (C=O) groups excluding carboxylic acids is 2. The van der Waals surface area contributed by atoms with Crippen LogP contribution >= 0.6 is 34.5 Å². The summed E-state index contributed by atoms with van der Waals surface area (Å²) in [4.78, 5) is 35.6. The summed E-state index contributed by atoms with van der Waals surface area (Å²) in [5, 5.41) is 13.8. The molecule has 1 aromatic heterocycles. The molecule has 0 aliphatic carbocycles. The van der Waals surface area contributed by atoms with E-state index in [2.05, 4.69) is 5.32 Å². The molecule has 2 amide bonds. The van der Waals surface area contributed by atoms with E-state index in [0.717, 1.165) is 11.3 Å². The van der Waals surface area contributed by atoms with Crippen LogP contribution in [0.3, 0.4) is 0 Å². The van der Waals surface area contributed by atoms with E-state index in [1.54, 1.807) is 12.1 Å². The lowest BCUT2D eigenvalue weighted by atomic mass is 10.3. The van der Waals surface area contributed by atoms with Crippen LogP contribution in [0.1, 0.15) is 9.67 Å². The van der Waals surface area contributed by atoms with Crippen LogP contribution in [0.2, 0.25) is 10.0 Å². The fourth-order valence-electron chi connectivity index (χ4n) is 1.79. The average molecular weight is 388 g/mol. The van der Waals surface area contributed by atoms with Crippen LogP contribution in [0.5, 0.6) is 0 Å². The summed E-state index contributed by atoms with van der Waals surface area (Å²) in [7, 11) is 1.43. The van der Waals surface area contributed by atoms with Crippen molar-refractivity contribution in [3.05, 3.63) is 55.4 Å². The zero-order chi connectivity index (χ0) is 17.9. The first-order valence-corrected chi connectivity index (χ1v) is 8.09. The van der Waals surface area contributed by atoms with Crippen LogP contribution in [0.15, 0.2) is 30.3 Å². The maximum atomic E-state index is 12.2. The maximum absolute atomic E-state index is 12.2. The zero-order valence-corrected chi connectivity index (χ0v) is 14.6. The van der Waals surface area contributed by atoms with Gasteiger partial charge in [0.15, 0.2) is 0 Å². The monoisotopic (exact) mass is 387 g/mol. The maximum Gasteiger partial charge on any atom is 0.324 e. The SMILES string of the molecule is CN(CC(=O)Nc1ccc(Cl)c(Cl)c1)C(=O)c1ccc([N+](=O)[O-])s1. The van der Waals surface area contributed by atoms with Gasteiger partial charge in [0.05, 0.1) is 26.4 Å². The number of likely N-dealkylation sites (N-methyl/N-ethyl adjacent to an activating group) is 1. The molecule has 0 bridgehead atoms. The minimum atomic E-state index is -0.571. The second kappa shape index (κ2) is 7.61. The molecule has 0 aliphatic rings. The van der Waals surface area contributed by atoms with E-state index in [1.165, 1.54) is 30.1 Å². The molecular weight excluding hydrogens is 377 g/mol. The molecule has 0 atom stereocenters. The Morgan fingerprint density at radius 1 is 1.25 bits per heavy atom. The van der Waals surface area contributed by atoms with Gasteiger partial charge in [0, 0.05) is 18.8 Å². The van der Waals surface area contributed by atoms with Crippen LogP contribution in [-0.4, -0.2) is 35.2 Å². The topological polar surface area (TPSA) is 92.6 Å². The molecule has 0 saturated carbocycles.